The van der Waals surface area contributed by atoms with E-state index < -0.39 is 0 Å². The summed E-state index contributed by atoms with van der Waals surface area (Å²) in [6.07, 6.45) is 0. The average Bonchev–Trinajstić information content (AvgIpc) is 2.36. The Balaban J connectivity index is 2.15. The molecule has 0 radical (unpaired) electrons. The summed E-state index contributed by atoms with van der Waals surface area (Å²) >= 11 is 11.7. The van der Waals surface area contributed by atoms with E-state index in [1.807, 2.05) is 31.2 Å². The van der Waals surface area contributed by atoms with E-state index in [2.05, 4.69) is 42.5 Å². The zero-order valence-electron chi connectivity index (χ0n) is 10.5. The minimum atomic E-state index is -0.389. The van der Waals surface area contributed by atoms with Crippen molar-refractivity contribution in [3.05, 3.63) is 56.7 Å². The number of halogens is 3. The lowest BCUT2D eigenvalue weighted by atomic mass is 10.2. The number of hydrogen-bond acceptors (Lipinski definition) is 1. The van der Waals surface area contributed by atoms with Crippen LogP contribution in [0.1, 0.15) is 5.56 Å². The van der Waals surface area contributed by atoms with Crippen LogP contribution < -0.4 is 10.6 Å². The molecule has 0 bridgehead atoms. The molecular formula is C14H11Br2FN2S. The molecule has 0 fully saturated rings. The predicted octanol–water partition coefficient (Wildman–Crippen LogP) is 5.47. The second kappa shape index (κ2) is 6.65. The second-order valence-corrected chi connectivity index (χ2v) is 6.32. The molecule has 0 aliphatic carbocycles. The van der Waals surface area contributed by atoms with E-state index in [0.717, 1.165) is 11.3 Å². The van der Waals surface area contributed by atoms with Crippen molar-refractivity contribution in [3.63, 3.8) is 0 Å². The Bertz CT molecular complexity index is 638. The lowest BCUT2D eigenvalue weighted by Gasteiger charge is -2.14. The molecule has 0 saturated heterocycles. The van der Waals surface area contributed by atoms with E-state index in [9.17, 15) is 4.39 Å². The zero-order chi connectivity index (χ0) is 14.7. The van der Waals surface area contributed by atoms with E-state index in [-0.39, 0.29) is 5.82 Å². The first-order valence-electron chi connectivity index (χ1n) is 5.75. The molecule has 0 aromatic heterocycles. The molecule has 0 spiro atoms. The summed E-state index contributed by atoms with van der Waals surface area (Å²) in [5.41, 5.74) is 2.25. The quantitative estimate of drug-likeness (QED) is 0.633. The van der Waals surface area contributed by atoms with Crippen LogP contribution in [0, 0.1) is 12.7 Å². The van der Waals surface area contributed by atoms with Crippen LogP contribution in [0.5, 0.6) is 0 Å². The molecule has 0 amide bonds. The lowest BCUT2D eigenvalue weighted by molar-refractivity contribution is 0.630. The number of thiocarbonyl (C=S) groups is 1. The number of hydrogen-bond donors (Lipinski definition) is 2. The second-order valence-electron chi connectivity index (χ2n) is 4.14. The Hall–Kier alpha value is -0.980. The van der Waals surface area contributed by atoms with Crippen molar-refractivity contribution in [2.75, 3.05) is 10.6 Å². The fraction of sp³-hybridized carbons (Fsp3) is 0.0714. The number of anilines is 2. The van der Waals surface area contributed by atoms with Crippen LogP contribution in [0.2, 0.25) is 0 Å². The van der Waals surface area contributed by atoms with Crippen molar-refractivity contribution in [2.24, 2.45) is 0 Å². The molecule has 0 heterocycles. The summed E-state index contributed by atoms with van der Waals surface area (Å²) in [6, 6.07) is 10.9. The van der Waals surface area contributed by atoms with Gasteiger partial charge in [-0.3, -0.25) is 0 Å². The molecule has 20 heavy (non-hydrogen) atoms. The molecular weight excluding hydrogens is 407 g/mol. The van der Waals surface area contributed by atoms with Crippen molar-refractivity contribution >= 4 is 60.6 Å². The smallest absolute Gasteiger partial charge is 0.175 e. The zero-order valence-corrected chi connectivity index (χ0v) is 14.5. The molecule has 2 nitrogen and oxygen atoms in total. The van der Waals surface area contributed by atoms with Crippen molar-refractivity contribution in [1.82, 2.24) is 0 Å². The van der Waals surface area contributed by atoms with E-state index in [1.165, 1.54) is 6.07 Å². The number of rotatable bonds is 2. The number of para-hydroxylation sites is 1. The highest BCUT2D eigenvalue weighted by Gasteiger charge is 2.10. The fourth-order valence-electron chi connectivity index (χ4n) is 1.64. The van der Waals surface area contributed by atoms with E-state index in [0.29, 0.717) is 19.7 Å². The molecule has 0 unspecified atom stereocenters. The topological polar surface area (TPSA) is 24.1 Å². The van der Waals surface area contributed by atoms with Crippen LogP contribution in [0.4, 0.5) is 15.8 Å². The van der Waals surface area contributed by atoms with E-state index in [4.69, 9.17) is 12.2 Å². The van der Waals surface area contributed by atoms with Gasteiger partial charge in [-0.15, -0.1) is 0 Å². The third kappa shape index (κ3) is 3.77. The van der Waals surface area contributed by atoms with Gasteiger partial charge in [0.2, 0.25) is 0 Å². The van der Waals surface area contributed by atoms with Gasteiger partial charge in [-0.2, -0.15) is 0 Å². The summed E-state index contributed by atoms with van der Waals surface area (Å²) < 4.78 is 15.1. The fourth-order valence-corrected chi connectivity index (χ4v) is 3.13. The van der Waals surface area contributed by atoms with Crippen molar-refractivity contribution in [3.8, 4) is 0 Å². The summed E-state index contributed by atoms with van der Waals surface area (Å²) in [7, 11) is 0. The minimum absolute atomic E-state index is 0.305. The van der Waals surface area contributed by atoms with Crippen molar-refractivity contribution < 1.29 is 4.39 Å². The van der Waals surface area contributed by atoms with Crippen LogP contribution in [-0.4, -0.2) is 5.11 Å². The number of nitrogens with one attached hydrogen (secondary N) is 2. The summed E-state index contributed by atoms with van der Waals surface area (Å²) in [6.45, 7) is 1.97. The van der Waals surface area contributed by atoms with Gasteiger partial charge in [0, 0.05) is 14.6 Å². The highest BCUT2D eigenvalue weighted by molar-refractivity contribution is 9.11. The number of benzene rings is 2. The molecule has 0 atom stereocenters. The van der Waals surface area contributed by atoms with Crippen LogP contribution in [-0.2, 0) is 0 Å². The normalized spacial score (nSPS) is 10.2. The third-order valence-electron chi connectivity index (χ3n) is 2.64. The molecule has 0 saturated carbocycles. The van der Waals surface area contributed by atoms with E-state index in [1.54, 1.807) is 6.07 Å². The highest BCUT2D eigenvalue weighted by atomic mass is 79.9. The van der Waals surface area contributed by atoms with Crippen molar-refractivity contribution in [1.29, 1.82) is 0 Å². The largest absolute Gasteiger partial charge is 0.332 e. The van der Waals surface area contributed by atoms with Gasteiger partial charge in [-0.05, 0) is 58.8 Å². The Kier molecular flexibility index (Phi) is 5.12. The lowest BCUT2D eigenvalue weighted by Crippen LogP contribution is -2.20. The molecule has 2 aromatic rings. The first kappa shape index (κ1) is 15.4. The Labute approximate surface area is 139 Å². The van der Waals surface area contributed by atoms with Crippen LogP contribution in [0.3, 0.4) is 0 Å². The van der Waals surface area contributed by atoms with E-state index >= 15 is 0 Å². The number of aryl methyl sites for hydroxylation is 1. The van der Waals surface area contributed by atoms with Crippen molar-refractivity contribution in [2.45, 2.75) is 6.92 Å². The Morgan fingerprint density at radius 2 is 1.85 bits per heavy atom. The van der Waals surface area contributed by atoms with Gasteiger partial charge in [0.25, 0.3) is 0 Å². The maximum Gasteiger partial charge on any atom is 0.175 e. The average molecular weight is 418 g/mol. The molecule has 0 aliphatic heterocycles. The Morgan fingerprint density at radius 3 is 2.50 bits per heavy atom. The minimum Gasteiger partial charge on any atom is -0.332 e. The maximum absolute atomic E-state index is 13.9. The van der Waals surface area contributed by atoms with Gasteiger partial charge >= 0.3 is 0 Å². The van der Waals surface area contributed by atoms with Gasteiger partial charge in [0.05, 0.1) is 5.69 Å². The molecule has 2 aromatic carbocycles. The van der Waals surface area contributed by atoms with Gasteiger partial charge in [-0.25, -0.2) is 4.39 Å². The maximum atomic E-state index is 13.9. The van der Waals surface area contributed by atoms with Crippen LogP contribution in [0.25, 0.3) is 0 Å². The molecule has 0 aliphatic rings. The standard InChI is InChI=1S/C14H11Br2FN2S/c1-8-4-2-3-5-12(8)18-14(20)19-13-10(16)6-9(15)7-11(13)17/h2-7H,1H3,(H2,18,19,20). The molecule has 104 valence electrons. The Morgan fingerprint density at radius 1 is 1.15 bits per heavy atom. The summed E-state index contributed by atoms with van der Waals surface area (Å²) in [5.74, 6) is -0.389. The first-order chi connectivity index (χ1) is 9.47. The first-order valence-corrected chi connectivity index (χ1v) is 7.75. The van der Waals surface area contributed by atoms with Crippen LogP contribution in [0.15, 0.2) is 45.3 Å². The molecule has 2 N–H and O–H groups in total. The SMILES string of the molecule is Cc1ccccc1NC(=S)Nc1c(F)cc(Br)cc1Br. The van der Waals surface area contributed by atoms with Gasteiger partial charge < -0.3 is 10.6 Å². The van der Waals surface area contributed by atoms with Gasteiger partial charge in [0.15, 0.2) is 5.11 Å². The molecule has 2 rings (SSSR count). The predicted molar refractivity (Wildman–Crippen MR) is 92.8 cm³/mol. The van der Waals surface area contributed by atoms with Gasteiger partial charge in [0.1, 0.15) is 5.82 Å². The summed E-state index contributed by atoms with van der Waals surface area (Å²) in [5, 5.41) is 6.24. The van der Waals surface area contributed by atoms with Crippen LogP contribution >= 0.6 is 44.1 Å². The monoisotopic (exact) mass is 416 g/mol. The third-order valence-corrected chi connectivity index (χ3v) is 3.93. The highest BCUT2D eigenvalue weighted by Crippen LogP contribution is 2.29. The molecule has 6 heteroatoms. The summed E-state index contributed by atoms with van der Waals surface area (Å²) in [4.78, 5) is 0. The van der Waals surface area contributed by atoms with Gasteiger partial charge in [-0.1, -0.05) is 34.1 Å².